The van der Waals surface area contributed by atoms with Crippen molar-refractivity contribution in [3.8, 4) is 0 Å². The van der Waals surface area contributed by atoms with E-state index in [4.69, 9.17) is 10.8 Å². The van der Waals surface area contributed by atoms with Crippen molar-refractivity contribution in [1.82, 2.24) is 4.90 Å². The van der Waals surface area contributed by atoms with Crippen LogP contribution in [0.4, 0.5) is 0 Å². The molecule has 0 radical (unpaired) electrons. The van der Waals surface area contributed by atoms with Crippen molar-refractivity contribution >= 4 is 11.9 Å². The first-order valence-corrected chi connectivity index (χ1v) is 7.16. The number of likely N-dealkylation sites (tertiary alicyclic amines) is 1. The molecule has 5 nitrogen and oxygen atoms in total. The highest BCUT2D eigenvalue weighted by Gasteiger charge is 2.26. The molecule has 0 aromatic carbocycles. The Morgan fingerprint density at radius 3 is 2.37 bits per heavy atom. The molecule has 1 fully saturated rings. The smallest absolute Gasteiger partial charge is 0.303 e. The first kappa shape index (κ1) is 16.0. The molecular formula is C14H26N2O3. The highest BCUT2D eigenvalue weighted by Crippen LogP contribution is 2.22. The molecule has 1 aliphatic heterocycles. The van der Waals surface area contributed by atoms with Crippen LogP contribution in [0.25, 0.3) is 0 Å². The number of rotatable bonds is 6. The number of carboxylic acid groups (broad SMARTS) is 1. The fraction of sp³-hybridized carbons (Fsp3) is 0.857. The number of carboxylic acids is 1. The summed E-state index contributed by atoms with van der Waals surface area (Å²) in [6.07, 6.45) is 3.46. The number of aliphatic carboxylic acids is 1. The molecule has 1 atom stereocenters. The SMILES string of the molecule is CC(C)C[C@H](N)C(=O)N1CCC(CCC(=O)O)CC1. The molecule has 0 spiro atoms. The van der Waals surface area contributed by atoms with Gasteiger partial charge < -0.3 is 15.7 Å². The van der Waals surface area contributed by atoms with E-state index in [0.29, 0.717) is 11.8 Å². The first-order valence-electron chi connectivity index (χ1n) is 7.16. The Kier molecular flexibility index (Phi) is 6.28. The average molecular weight is 270 g/mol. The third-order valence-electron chi connectivity index (χ3n) is 3.74. The van der Waals surface area contributed by atoms with Gasteiger partial charge in [0.15, 0.2) is 0 Å². The lowest BCUT2D eigenvalue weighted by atomic mass is 9.91. The second kappa shape index (κ2) is 7.48. The Bertz CT molecular complexity index is 310. The maximum absolute atomic E-state index is 12.1. The van der Waals surface area contributed by atoms with E-state index in [-0.39, 0.29) is 12.3 Å². The van der Waals surface area contributed by atoms with Crippen LogP contribution in [0.3, 0.4) is 0 Å². The minimum atomic E-state index is -0.738. The Morgan fingerprint density at radius 2 is 1.89 bits per heavy atom. The number of hydrogen-bond donors (Lipinski definition) is 2. The molecule has 1 aliphatic rings. The standard InChI is InChI=1S/C14H26N2O3/c1-10(2)9-12(15)14(19)16-7-5-11(6-8-16)3-4-13(17)18/h10-12H,3-9,15H2,1-2H3,(H,17,18)/t12-/m0/s1. The summed E-state index contributed by atoms with van der Waals surface area (Å²) in [4.78, 5) is 24.5. The van der Waals surface area contributed by atoms with Crippen molar-refractivity contribution in [3.63, 3.8) is 0 Å². The molecule has 0 aliphatic carbocycles. The first-order chi connectivity index (χ1) is 8.90. The number of nitrogens with two attached hydrogens (primary N) is 1. The molecule has 3 N–H and O–H groups in total. The quantitative estimate of drug-likeness (QED) is 0.765. The van der Waals surface area contributed by atoms with E-state index in [1.807, 2.05) is 4.90 Å². The number of carbonyl (C=O) groups excluding carboxylic acids is 1. The van der Waals surface area contributed by atoms with E-state index in [9.17, 15) is 9.59 Å². The summed E-state index contributed by atoms with van der Waals surface area (Å²) in [5.74, 6) is 0.163. The molecule has 5 heteroatoms. The maximum Gasteiger partial charge on any atom is 0.303 e. The minimum Gasteiger partial charge on any atom is -0.481 e. The Labute approximate surface area is 115 Å². The molecule has 1 heterocycles. The second-order valence-corrected chi connectivity index (χ2v) is 5.94. The topological polar surface area (TPSA) is 83.6 Å². The number of nitrogens with zero attached hydrogens (tertiary/aromatic N) is 1. The zero-order valence-corrected chi connectivity index (χ0v) is 12.0. The molecule has 19 heavy (non-hydrogen) atoms. The highest BCUT2D eigenvalue weighted by molar-refractivity contribution is 5.81. The largest absolute Gasteiger partial charge is 0.481 e. The van der Waals surface area contributed by atoms with Crippen molar-refractivity contribution in [2.45, 2.75) is 52.0 Å². The predicted molar refractivity (Wildman–Crippen MR) is 73.6 cm³/mol. The summed E-state index contributed by atoms with van der Waals surface area (Å²) < 4.78 is 0. The molecule has 0 saturated carbocycles. The lowest BCUT2D eigenvalue weighted by Gasteiger charge is -2.33. The minimum absolute atomic E-state index is 0.0467. The fourth-order valence-corrected chi connectivity index (χ4v) is 2.61. The Hall–Kier alpha value is -1.10. The zero-order chi connectivity index (χ0) is 14.4. The van der Waals surface area contributed by atoms with Gasteiger partial charge in [-0.2, -0.15) is 0 Å². The van der Waals surface area contributed by atoms with Crippen LogP contribution in [-0.4, -0.2) is 41.0 Å². The molecule has 0 aromatic rings. The Balaban J connectivity index is 2.32. The molecule has 0 aromatic heterocycles. The van der Waals surface area contributed by atoms with Crippen LogP contribution in [0, 0.1) is 11.8 Å². The predicted octanol–water partition coefficient (Wildman–Crippen LogP) is 1.46. The lowest BCUT2D eigenvalue weighted by Crippen LogP contribution is -2.47. The van der Waals surface area contributed by atoms with Gasteiger partial charge in [0, 0.05) is 19.5 Å². The number of hydrogen-bond acceptors (Lipinski definition) is 3. The summed E-state index contributed by atoms with van der Waals surface area (Å²) in [5, 5.41) is 8.66. The summed E-state index contributed by atoms with van der Waals surface area (Å²) >= 11 is 0. The van der Waals surface area contributed by atoms with E-state index in [1.54, 1.807) is 0 Å². The molecule has 1 amide bonds. The molecule has 1 saturated heterocycles. The van der Waals surface area contributed by atoms with Gasteiger partial charge in [0.2, 0.25) is 5.91 Å². The van der Waals surface area contributed by atoms with E-state index in [2.05, 4.69) is 13.8 Å². The van der Waals surface area contributed by atoms with E-state index in [1.165, 1.54) is 0 Å². The molecule has 110 valence electrons. The van der Waals surface area contributed by atoms with E-state index >= 15 is 0 Å². The van der Waals surface area contributed by atoms with Gasteiger partial charge in [0.25, 0.3) is 0 Å². The van der Waals surface area contributed by atoms with Crippen molar-refractivity contribution in [3.05, 3.63) is 0 Å². The average Bonchev–Trinajstić information content (AvgIpc) is 2.35. The van der Waals surface area contributed by atoms with Crippen molar-refractivity contribution in [2.24, 2.45) is 17.6 Å². The van der Waals surface area contributed by atoms with Crippen LogP contribution in [-0.2, 0) is 9.59 Å². The number of amides is 1. The maximum atomic E-state index is 12.1. The van der Waals surface area contributed by atoms with Gasteiger partial charge in [-0.25, -0.2) is 0 Å². The molecule has 0 bridgehead atoms. The summed E-state index contributed by atoms with van der Waals surface area (Å²) in [6, 6.07) is -0.393. The van der Waals surface area contributed by atoms with Crippen molar-refractivity contribution in [2.75, 3.05) is 13.1 Å². The normalized spacial score (nSPS) is 18.6. The van der Waals surface area contributed by atoms with Gasteiger partial charge in [-0.15, -0.1) is 0 Å². The second-order valence-electron chi connectivity index (χ2n) is 5.94. The lowest BCUT2D eigenvalue weighted by molar-refractivity contribution is -0.138. The highest BCUT2D eigenvalue weighted by atomic mass is 16.4. The van der Waals surface area contributed by atoms with E-state index in [0.717, 1.165) is 38.8 Å². The van der Waals surface area contributed by atoms with Gasteiger partial charge >= 0.3 is 5.97 Å². The van der Waals surface area contributed by atoms with Crippen LogP contribution in [0.15, 0.2) is 0 Å². The van der Waals surface area contributed by atoms with Gasteiger partial charge in [-0.3, -0.25) is 9.59 Å². The van der Waals surface area contributed by atoms with Crippen LogP contribution >= 0.6 is 0 Å². The summed E-state index contributed by atoms with van der Waals surface area (Å²) in [7, 11) is 0. The van der Waals surface area contributed by atoms with Crippen LogP contribution in [0.1, 0.15) is 46.0 Å². The Morgan fingerprint density at radius 1 is 1.32 bits per heavy atom. The summed E-state index contributed by atoms with van der Waals surface area (Å²) in [5.41, 5.74) is 5.91. The zero-order valence-electron chi connectivity index (χ0n) is 12.0. The van der Waals surface area contributed by atoms with Crippen molar-refractivity contribution in [1.29, 1.82) is 0 Å². The van der Waals surface area contributed by atoms with Gasteiger partial charge in [0.1, 0.15) is 0 Å². The number of piperidine rings is 1. The van der Waals surface area contributed by atoms with Crippen LogP contribution < -0.4 is 5.73 Å². The number of carbonyl (C=O) groups is 2. The van der Waals surface area contributed by atoms with Gasteiger partial charge in [-0.1, -0.05) is 13.8 Å². The van der Waals surface area contributed by atoms with E-state index < -0.39 is 12.0 Å². The monoisotopic (exact) mass is 270 g/mol. The molecular weight excluding hydrogens is 244 g/mol. The summed E-state index contributed by atoms with van der Waals surface area (Å²) in [6.45, 7) is 5.56. The van der Waals surface area contributed by atoms with Gasteiger partial charge in [0.05, 0.1) is 6.04 Å². The fourth-order valence-electron chi connectivity index (χ4n) is 2.61. The van der Waals surface area contributed by atoms with Crippen LogP contribution in [0.2, 0.25) is 0 Å². The van der Waals surface area contributed by atoms with Gasteiger partial charge in [-0.05, 0) is 37.5 Å². The molecule has 0 unspecified atom stereocenters. The van der Waals surface area contributed by atoms with Crippen molar-refractivity contribution < 1.29 is 14.7 Å². The third kappa shape index (κ3) is 5.59. The third-order valence-corrected chi connectivity index (χ3v) is 3.74. The molecule has 1 rings (SSSR count). The van der Waals surface area contributed by atoms with Crippen LogP contribution in [0.5, 0.6) is 0 Å².